The van der Waals surface area contributed by atoms with Crippen LogP contribution in [0.1, 0.15) is 17.0 Å². The molecule has 25 heavy (non-hydrogen) atoms. The number of aromatic amines is 1. The Morgan fingerprint density at radius 1 is 1.20 bits per heavy atom. The van der Waals surface area contributed by atoms with Crippen LogP contribution in [0.4, 0.5) is 5.82 Å². The molecule has 0 amide bonds. The number of nitrogens with zero attached hydrogens (tertiary/aromatic N) is 3. The SMILES string of the molecule is N#CC(=Cc1ccc(-c2ccc(Cl)c(Cl)c2)o1)c1[nH]nc(N)c1C#N. The summed E-state index contributed by atoms with van der Waals surface area (Å²) in [5.41, 5.74) is 6.88. The van der Waals surface area contributed by atoms with Crippen molar-refractivity contribution >= 4 is 40.7 Å². The standard InChI is InChI=1S/C17H9Cl2N5O/c18-13-3-1-9(6-14(13)19)15-4-2-11(25-15)5-10(7-20)16-12(8-21)17(22)24-23-16/h1-6H,(H3,22,23,24). The van der Waals surface area contributed by atoms with E-state index in [4.69, 9.17) is 38.6 Å². The van der Waals surface area contributed by atoms with Crippen LogP contribution in [0.25, 0.3) is 23.0 Å². The van der Waals surface area contributed by atoms with Crippen molar-refractivity contribution in [1.82, 2.24) is 10.2 Å². The van der Waals surface area contributed by atoms with E-state index in [-0.39, 0.29) is 22.6 Å². The van der Waals surface area contributed by atoms with Gasteiger partial charge in [-0.25, -0.2) is 0 Å². The van der Waals surface area contributed by atoms with Gasteiger partial charge >= 0.3 is 0 Å². The number of hydrogen-bond acceptors (Lipinski definition) is 5. The number of allylic oxidation sites excluding steroid dienone is 1. The highest BCUT2D eigenvalue weighted by Gasteiger charge is 2.15. The quantitative estimate of drug-likeness (QED) is 0.659. The monoisotopic (exact) mass is 369 g/mol. The maximum absolute atomic E-state index is 9.37. The minimum absolute atomic E-state index is 0.0367. The van der Waals surface area contributed by atoms with Gasteiger partial charge in [0.2, 0.25) is 0 Å². The second-order valence-electron chi connectivity index (χ2n) is 4.97. The van der Waals surface area contributed by atoms with Gasteiger partial charge in [-0.15, -0.1) is 0 Å². The smallest absolute Gasteiger partial charge is 0.163 e. The largest absolute Gasteiger partial charge is 0.457 e. The van der Waals surface area contributed by atoms with Gasteiger partial charge in [-0.05, 0) is 30.3 Å². The maximum atomic E-state index is 9.37. The topological polar surface area (TPSA) is 115 Å². The van der Waals surface area contributed by atoms with Crippen molar-refractivity contribution in [2.24, 2.45) is 0 Å². The predicted octanol–water partition coefficient (Wildman–Crippen LogP) is 4.49. The van der Waals surface area contributed by atoms with Gasteiger partial charge in [0.25, 0.3) is 0 Å². The summed E-state index contributed by atoms with van der Waals surface area (Å²) in [6.45, 7) is 0. The van der Waals surface area contributed by atoms with Crippen LogP contribution in [0.15, 0.2) is 34.7 Å². The molecule has 8 heteroatoms. The molecule has 0 aliphatic rings. The van der Waals surface area contributed by atoms with Gasteiger partial charge in [0.05, 0.1) is 21.3 Å². The first-order valence-electron chi connectivity index (χ1n) is 6.95. The minimum Gasteiger partial charge on any atom is -0.457 e. The van der Waals surface area contributed by atoms with Crippen molar-refractivity contribution in [3.05, 3.63) is 57.4 Å². The third-order valence-corrected chi connectivity index (χ3v) is 4.15. The van der Waals surface area contributed by atoms with Crippen LogP contribution in [0, 0.1) is 22.7 Å². The molecule has 2 aromatic heterocycles. The Balaban J connectivity index is 1.98. The summed E-state index contributed by atoms with van der Waals surface area (Å²) in [4.78, 5) is 0. The fraction of sp³-hybridized carbons (Fsp3) is 0. The van der Waals surface area contributed by atoms with Crippen molar-refractivity contribution in [2.45, 2.75) is 0 Å². The average molecular weight is 370 g/mol. The van der Waals surface area contributed by atoms with Crippen LogP contribution in [0.5, 0.6) is 0 Å². The summed E-state index contributed by atoms with van der Waals surface area (Å²) in [5, 5.41) is 25.7. The molecule has 0 aliphatic heterocycles. The van der Waals surface area contributed by atoms with Crippen molar-refractivity contribution in [2.75, 3.05) is 5.73 Å². The number of furan rings is 1. The molecular formula is C17H9Cl2N5O. The second-order valence-corrected chi connectivity index (χ2v) is 5.79. The van der Waals surface area contributed by atoms with Gasteiger partial charge in [-0.2, -0.15) is 15.6 Å². The average Bonchev–Trinajstić information content (AvgIpc) is 3.21. The molecule has 2 heterocycles. The maximum Gasteiger partial charge on any atom is 0.163 e. The number of nitrogens with two attached hydrogens (primary N) is 1. The number of halogens is 2. The highest BCUT2D eigenvalue weighted by molar-refractivity contribution is 6.42. The van der Waals surface area contributed by atoms with E-state index in [1.165, 1.54) is 6.08 Å². The van der Waals surface area contributed by atoms with Crippen molar-refractivity contribution in [1.29, 1.82) is 10.5 Å². The molecule has 0 bridgehead atoms. The summed E-state index contributed by atoms with van der Waals surface area (Å²) in [5.74, 6) is 1.02. The molecule has 122 valence electrons. The number of nitrogens with one attached hydrogen (secondary N) is 1. The lowest BCUT2D eigenvalue weighted by atomic mass is 10.1. The first-order chi connectivity index (χ1) is 12.0. The predicted molar refractivity (Wildman–Crippen MR) is 95.4 cm³/mol. The molecule has 6 nitrogen and oxygen atoms in total. The molecule has 0 aliphatic carbocycles. The molecule has 3 rings (SSSR count). The van der Waals surface area contributed by atoms with Gasteiger partial charge in [0.15, 0.2) is 5.82 Å². The highest BCUT2D eigenvalue weighted by atomic mass is 35.5. The van der Waals surface area contributed by atoms with E-state index in [9.17, 15) is 5.26 Å². The zero-order valence-electron chi connectivity index (χ0n) is 12.5. The van der Waals surface area contributed by atoms with E-state index in [1.54, 1.807) is 30.3 Å². The van der Waals surface area contributed by atoms with Crippen LogP contribution in [-0.4, -0.2) is 10.2 Å². The zero-order valence-corrected chi connectivity index (χ0v) is 14.1. The van der Waals surface area contributed by atoms with E-state index >= 15 is 0 Å². The molecule has 0 unspecified atom stereocenters. The molecule has 0 fully saturated rings. The summed E-state index contributed by atoms with van der Waals surface area (Å²) in [6, 6.07) is 12.5. The van der Waals surface area contributed by atoms with E-state index in [1.807, 2.05) is 12.1 Å². The second kappa shape index (κ2) is 6.74. The van der Waals surface area contributed by atoms with Crippen molar-refractivity contribution in [3.8, 4) is 23.5 Å². The molecule has 0 radical (unpaired) electrons. The Labute approximate surface area is 152 Å². The van der Waals surface area contributed by atoms with E-state index < -0.39 is 0 Å². The number of benzene rings is 1. The van der Waals surface area contributed by atoms with Crippen LogP contribution in [0.3, 0.4) is 0 Å². The van der Waals surface area contributed by atoms with Crippen LogP contribution in [0.2, 0.25) is 10.0 Å². The molecule has 0 atom stereocenters. The first-order valence-corrected chi connectivity index (χ1v) is 7.70. The molecule has 3 aromatic rings. The molecular weight excluding hydrogens is 361 g/mol. The lowest BCUT2D eigenvalue weighted by Gasteiger charge is -2.00. The molecule has 1 aromatic carbocycles. The number of nitrogen functional groups attached to an aromatic ring is 1. The lowest BCUT2D eigenvalue weighted by molar-refractivity contribution is 0.572. The Bertz CT molecular complexity index is 1070. The van der Waals surface area contributed by atoms with Gasteiger partial charge in [-0.3, -0.25) is 5.10 Å². The first kappa shape index (κ1) is 16.7. The number of nitriles is 2. The van der Waals surface area contributed by atoms with Gasteiger partial charge in [0.1, 0.15) is 29.2 Å². The summed E-state index contributed by atoms with van der Waals surface area (Å²) in [7, 11) is 0. The molecule has 0 spiro atoms. The number of H-pyrrole nitrogens is 1. The van der Waals surface area contributed by atoms with E-state index in [0.29, 0.717) is 21.6 Å². The Morgan fingerprint density at radius 3 is 2.68 bits per heavy atom. The molecule has 3 N–H and O–H groups in total. The fourth-order valence-electron chi connectivity index (χ4n) is 2.20. The minimum atomic E-state index is 0.0367. The van der Waals surface area contributed by atoms with Crippen LogP contribution < -0.4 is 5.73 Å². The normalized spacial score (nSPS) is 11.1. The number of rotatable bonds is 3. The Hall–Kier alpha value is -3.19. The molecule has 0 saturated heterocycles. The number of aromatic nitrogens is 2. The summed E-state index contributed by atoms with van der Waals surface area (Å²) in [6.07, 6.45) is 1.49. The number of anilines is 1. The zero-order chi connectivity index (χ0) is 18.0. The third-order valence-electron chi connectivity index (χ3n) is 3.41. The highest BCUT2D eigenvalue weighted by Crippen LogP contribution is 2.30. The van der Waals surface area contributed by atoms with Crippen molar-refractivity contribution in [3.63, 3.8) is 0 Å². The molecule has 0 saturated carbocycles. The number of hydrogen-bond donors (Lipinski definition) is 2. The van der Waals surface area contributed by atoms with Crippen molar-refractivity contribution < 1.29 is 4.42 Å². The summed E-state index contributed by atoms with van der Waals surface area (Å²) >= 11 is 11.9. The fourth-order valence-corrected chi connectivity index (χ4v) is 2.50. The van der Waals surface area contributed by atoms with Crippen LogP contribution in [-0.2, 0) is 0 Å². The van der Waals surface area contributed by atoms with Gasteiger partial charge in [0, 0.05) is 11.6 Å². The third kappa shape index (κ3) is 3.22. The lowest BCUT2D eigenvalue weighted by Crippen LogP contribution is -1.89. The Kier molecular flexibility index (Phi) is 4.49. The van der Waals surface area contributed by atoms with Gasteiger partial charge in [-0.1, -0.05) is 23.2 Å². The van der Waals surface area contributed by atoms with E-state index in [0.717, 1.165) is 5.56 Å². The van der Waals surface area contributed by atoms with Gasteiger partial charge < -0.3 is 10.2 Å². The summed E-state index contributed by atoms with van der Waals surface area (Å²) < 4.78 is 5.72. The van der Waals surface area contributed by atoms with Crippen LogP contribution >= 0.6 is 23.2 Å². The Morgan fingerprint density at radius 2 is 2.00 bits per heavy atom. The van der Waals surface area contributed by atoms with E-state index in [2.05, 4.69) is 10.2 Å².